The van der Waals surface area contributed by atoms with Crippen molar-refractivity contribution in [1.82, 2.24) is 14.5 Å². The lowest BCUT2D eigenvalue weighted by molar-refractivity contribution is 0.213. The average molecular weight is 379 g/mol. The van der Waals surface area contributed by atoms with Gasteiger partial charge in [-0.3, -0.25) is 9.69 Å². The van der Waals surface area contributed by atoms with Gasteiger partial charge < -0.3 is 9.62 Å². The second-order valence-electron chi connectivity index (χ2n) is 5.34. The summed E-state index contributed by atoms with van der Waals surface area (Å²) < 4.78 is 2.97. The molecule has 2 saturated heterocycles. The van der Waals surface area contributed by atoms with E-state index in [0.29, 0.717) is 12.1 Å². The molecule has 0 aromatic heterocycles. The molecule has 18 heavy (non-hydrogen) atoms. The van der Waals surface area contributed by atoms with Gasteiger partial charge in [0, 0.05) is 18.6 Å². The van der Waals surface area contributed by atoms with E-state index in [1.165, 1.54) is 45.1 Å². The quantitative estimate of drug-likeness (QED) is 0.568. The van der Waals surface area contributed by atoms with Gasteiger partial charge in [0.15, 0.2) is 0 Å². The first-order chi connectivity index (χ1) is 8.81. The topological polar surface area (TPSA) is 44.4 Å². The Morgan fingerprint density at radius 1 is 1.11 bits per heavy atom. The molecule has 0 spiro atoms. The van der Waals surface area contributed by atoms with E-state index in [2.05, 4.69) is 34.8 Å². The van der Waals surface area contributed by atoms with Crippen LogP contribution in [0.3, 0.4) is 0 Å². The van der Waals surface area contributed by atoms with E-state index in [9.17, 15) is 4.79 Å². The highest BCUT2D eigenvalue weighted by Gasteiger charge is 2.34. The lowest BCUT2D eigenvalue weighted by Crippen LogP contribution is -2.48. The summed E-state index contributed by atoms with van der Waals surface area (Å²) in [6, 6.07) is 1.02. The molecule has 2 aliphatic rings. The Bertz CT molecular complexity index is 280. The number of nitrogens with one attached hydrogen (secondary N) is 2. The first-order valence-electron chi connectivity index (χ1n) is 7.15. The van der Waals surface area contributed by atoms with Gasteiger partial charge in [0.25, 0.3) is 6.03 Å². The maximum absolute atomic E-state index is 11.7. The zero-order valence-corrected chi connectivity index (χ0v) is 14.5. The number of urea groups is 1. The summed E-state index contributed by atoms with van der Waals surface area (Å²) in [5.74, 6) is 0. The van der Waals surface area contributed by atoms with E-state index < -0.39 is 12.2 Å². The second-order valence-corrected chi connectivity index (χ2v) is 8.25. The van der Waals surface area contributed by atoms with Gasteiger partial charge in [0.2, 0.25) is 0 Å². The summed E-state index contributed by atoms with van der Waals surface area (Å²) in [6.45, 7) is 2.39. The molecule has 2 N–H and O–H groups in total. The molecule has 2 amide bonds. The number of hydrogen-bond donors (Lipinski definition) is 2. The Balaban J connectivity index is 1.89. The Labute approximate surface area is 127 Å². The molecule has 2 aliphatic heterocycles. The van der Waals surface area contributed by atoms with E-state index in [-0.39, 0.29) is 6.03 Å². The molecule has 2 atom stereocenters. The van der Waals surface area contributed by atoms with Crippen molar-refractivity contribution in [1.29, 1.82) is 0 Å². The molecule has 102 valence electrons. The van der Waals surface area contributed by atoms with Crippen LogP contribution in [-0.2, 0) is 0 Å². The lowest BCUT2D eigenvalue weighted by atomic mass is 10.0. The Hall–Kier alpha value is 0.492. The second kappa shape index (κ2) is 7.93. The number of nitrogens with zero attached hydrogens (tertiary/aromatic N) is 1. The highest BCUT2D eigenvalue weighted by atomic mass is 127. The summed E-state index contributed by atoms with van der Waals surface area (Å²) >= 11 is 1.88. The smallest absolute Gasteiger partial charge is 0.422 e. The molecule has 2 fully saturated rings. The number of amides is 2. The molecule has 0 bridgehead atoms. The largest absolute Gasteiger partial charge is 0.480 e. The number of hydrogen-bond acceptors (Lipinski definition) is 2. The monoisotopic (exact) mass is 379 g/mol. The summed E-state index contributed by atoms with van der Waals surface area (Å²) in [5, 5.41) is 3.19. The standard InChI is InChI=1S/C12H23N3O.Al.HI.H/c13-12(16)14-10-7-9-15-8-5-3-1-2-4-6-11(10)15;;;/h10-11H,1-9H2,(H3,13,14,16);;1H;/q;+2;;/p-2/t10-,11?;;;/m1.../s1. The molecule has 0 aliphatic carbocycles. The van der Waals surface area contributed by atoms with Crippen molar-refractivity contribution in [3.63, 3.8) is 0 Å². The van der Waals surface area contributed by atoms with Gasteiger partial charge in [0.1, 0.15) is 0 Å². The molecule has 1 unspecified atom stereocenters. The maximum atomic E-state index is 11.7. The van der Waals surface area contributed by atoms with E-state index in [4.69, 9.17) is 0 Å². The summed E-state index contributed by atoms with van der Waals surface area (Å²) in [7, 11) is 0. The molecule has 4 nitrogen and oxygen atoms in total. The van der Waals surface area contributed by atoms with Crippen molar-refractivity contribution in [2.45, 2.75) is 57.0 Å². The summed E-state index contributed by atoms with van der Waals surface area (Å²) in [6.07, 6.45) is 9.16. The normalized spacial score (nSPS) is 29.6. The zero-order valence-electron chi connectivity index (χ0n) is 11.0. The molecule has 0 saturated carbocycles. The molecular weight excluding hydrogens is 356 g/mol. The van der Waals surface area contributed by atoms with Crippen LogP contribution in [0.25, 0.3) is 0 Å². The third-order valence-corrected chi connectivity index (χ3v) is 5.75. The fourth-order valence-electron chi connectivity index (χ4n) is 3.23. The minimum absolute atomic E-state index is 0.0581. The fraction of sp³-hybridized carbons (Fsp3) is 0.917. The van der Waals surface area contributed by atoms with Gasteiger partial charge >= 0.3 is 12.2 Å². The molecule has 0 aromatic rings. The van der Waals surface area contributed by atoms with Crippen molar-refractivity contribution in [2.24, 2.45) is 0 Å². The number of carbonyl (C=O) groups excluding carboxylic acids is 1. The van der Waals surface area contributed by atoms with Crippen LogP contribution in [0.2, 0.25) is 0 Å². The van der Waals surface area contributed by atoms with Crippen molar-refractivity contribution in [2.75, 3.05) is 13.1 Å². The van der Waals surface area contributed by atoms with Crippen molar-refractivity contribution < 1.29 is 4.79 Å². The third kappa shape index (κ3) is 4.26. The van der Waals surface area contributed by atoms with Crippen LogP contribution < -0.4 is 9.62 Å². The molecule has 0 aromatic carbocycles. The predicted molar refractivity (Wildman–Crippen MR) is 84.3 cm³/mol. The number of carbonyl (C=O) groups is 1. The van der Waals surface area contributed by atoms with Gasteiger partial charge in [0.05, 0.1) is 0 Å². The van der Waals surface area contributed by atoms with Crippen molar-refractivity contribution in [3.05, 3.63) is 0 Å². The van der Waals surface area contributed by atoms with Gasteiger partial charge in [-0.15, -0.1) is 0 Å². The van der Waals surface area contributed by atoms with Gasteiger partial charge in [-0.1, -0.05) is 25.7 Å². The SMILES string of the molecule is O=C([NH][AlH][I])N[C@@H]1CCN2CCCCCCCC12. The molecule has 0 radical (unpaired) electrons. The van der Waals surface area contributed by atoms with Crippen molar-refractivity contribution in [3.8, 4) is 0 Å². The van der Waals surface area contributed by atoms with Crippen LogP contribution in [0, 0.1) is 0 Å². The van der Waals surface area contributed by atoms with Gasteiger partial charge in [-0.25, -0.2) is 0 Å². The van der Waals surface area contributed by atoms with Gasteiger partial charge in [-0.2, -0.15) is 20.3 Å². The van der Waals surface area contributed by atoms with Crippen LogP contribution in [0.4, 0.5) is 4.79 Å². The average Bonchev–Trinajstić information content (AvgIpc) is 2.74. The highest BCUT2D eigenvalue weighted by Crippen LogP contribution is 2.25. The lowest BCUT2D eigenvalue weighted by Gasteiger charge is -2.28. The molecule has 6 heteroatoms. The first kappa shape index (κ1) is 14.9. The Morgan fingerprint density at radius 3 is 2.72 bits per heavy atom. The van der Waals surface area contributed by atoms with E-state index in [0.717, 1.165) is 13.0 Å². The van der Waals surface area contributed by atoms with E-state index >= 15 is 0 Å². The predicted octanol–water partition coefficient (Wildman–Crippen LogP) is 1.78. The minimum atomic E-state index is -0.422. The van der Waals surface area contributed by atoms with Crippen LogP contribution in [0.5, 0.6) is 0 Å². The fourth-order valence-corrected chi connectivity index (χ4v) is 4.49. The molecule has 2 heterocycles. The number of rotatable bonds is 2. The Morgan fingerprint density at radius 2 is 1.89 bits per heavy atom. The molecular formula is C12H23AlIN3O. The third-order valence-electron chi connectivity index (χ3n) is 4.15. The summed E-state index contributed by atoms with van der Waals surface area (Å²) in [4.78, 5) is 14.3. The van der Waals surface area contributed by atoms with Crippen molar-refractivity contribution >= 4 is 38.5 Å². The number of fused-ring (bicyclic) bond motifs is 1. The number of halogens is 1. The van der Waals surface area contributed by atoms with Crippen LogP contribution in [-0.4, -0.2) is 48.3 Å². The van der Waals surface area contributed by atoms with E-state index in [1.54, 1.807) is 0 Å². The zero-order chi connectivity index (χ0) is 12.8. The van der Waals surface area contributed by atoms with Crippen LogP contribution in [0.1, 0.15) is 44.9 Å². The highest BCUT2D eigenvalue weighted by molar-refractivity contribution is 14.1. The summed E-state index contributed by atoms with van der Waals surface area (Å²) in [5.41, 5.74) is 0. The van der Waals surface area contributed by atoms with E-state index in [1.807, 2.05) is 0 Å². The maximum Gasteiger partial charge on any atom is 0.480 e. The van der Waals surface area contributed by atoms with Crippen LogP contribution in [0.15, 0.2) is 0 Å². The minimum Gasteiger partial charge on any atom is -0.422 e. The first-order valence-corrected chi connectivity index (χ1v) is 13.0. The van der Waals surface area contributed by atoms with Gasteiger partial charge in [-0.05, 0) is 25.8 Å². The molecule has 2 rings (SSSR count). The Kier molecular flexibility index (Phi) is 6.56. The van der Waals surface area contributed by atoms with Crippen LogP contribution >= 0.6 is 20.3 Å².